The Morgan fingerprint density at radius 3 is 2.60 bits per heavy atom. The van der Waals surface area contributed by atoms with Crippen LogP contribution in [0, 0.1) is 5.82 Å². The number of aryl methyl sites for hydroxylation is 1. The molecule has 0 amide bonds. The van der Waals surface area contributed by atoms with Gasteiger partial charge in [-0.1, -0.05) is 30.3 Å². The molecule has 2 nitrogen and oxygen atoms in total. The fourth-order valence-corrected chi connectivity index (χ4v) is 2.08. The highest BCUT2D eigenvalue weighted by atomic mass is 19.1. The lowest BCUT2D eigenvalue weighted by atomic mass is 10.1. The molecule has 20 heavy (non-hydrogen) atoms. The summed E-state index contributed by atoms with van der Waals surface area (Å²) >= 11 is 0. The van der Waals surface area contributed by atoms with Crippen molar-refractivity contribution in [3.63, 3.8) is 0 Å². The summed E-state index contributed by atoms with van der Waals surface area (Å²) in [5.41, 5.74) is 1.76. The van der Waals surface area contributed by atoms with Crippen molar-refractivity contribution in [2.75, 3.05) is 6.61 Å². The molecule has 0 fully saturated rings. The lowest BCUT2D eigenvalue weighted by Crippen LogP contribution is -2.04. The minimum Gasteiger partial charge on any atom is -0.493 e. The van der Waals surface area contributed by atoms with E-state index >= 15 is 0 Å². The number of aliphatic hydroxyl groups is 1. The first-order valence-corrected chi connectivity index (χ1v) is 6.81. The van der Waals surface area contributed by atoms with E-state index in [1.165, 1.54) is 17.7 Å². The van der Waals surface area contributed by atoms with E-state index in [0.29, 0.717) is 17.9 Å². The maximum Gasteiger partial charge on any atom is 0.125 e. The number of hydrogen-bond acceptors (Lipinski definition) is 2. The van der Waals surface area contributed by atoms with Crippen LogP contribution in [0.2, 0.25) is 0 Å². The van der Waals surface area contributed by atoms with Crippen molar-refractivity contribution in [3.8, 4) is 5.75 Å². The fraction of sp³-hybridized carbons (Fsp3) is 0.294. The average Bonchev–Trinajstić information content (AvgIpc) is 2.45. The summed E-state index contributed by atoms with van der Waals surface area (Å²) in [6, 6.07) is 14.4. The normalized spacial score (nSPS) is 12.2. The van der Waals surface area contributed by atoms with Gasteiger partial charge in [-0.05, 0) is 43.5 Å². The number of ether oxygens (including phenoxy) is 1. The summed E-state index contributed by atoms with van der Waals surface area (Å²) in [7, 11) is 0. The zero-order chi connectivity index (χ0) is 14.4. The summed E-state index contributed by atoms with van der Waals surface area (Å²) < 4.78 is 18.8. The predicted octanol–water partition coefficient (Wildman–Crippen LogP) is 3.89. The van der Waals surface area contributed by atoms with E-state index in [-0.39, 0.29) is 5.82 Å². The Hall–Kier alpha value is -1.87. The molecule has 2 rings (SSSR count). The third-order valence-corrected chi connectivity index (χ3v) is 3.13. The molecule has 0 saturated carbocycles. The first-order valence-electron chi connectivity index (χ1n) is 6.81. The van der Waals surface area contributed by atoms with Crippen molar-refractivity contribution >= 4 is 0 Å². The third kappa shape index (κ3) is 4.07. The molecular weight excluding hydrogens is 255 g/mol. The van der Waals surface area contributed by atoms with Crippen LogP contribution in [-0.4, -0.2) is 11.7 Å². The van der Waals surface area contributed by atoms with E-state index in [2.05, 4.69) is 12.1 Å². The molecule has 0 aromatic heterocycles. The van der Waals surface area contributed by atoms with Crippen LogP contribution in [0.4, 0.5) is 4.39 Å². The summed E-state index contributed by atoms with van der Waals surface area (Å²) in [5.74, 6) is 0.187. The van der Waals surface area contributed by atoms with Crippen LogP contribution in [0.25, 0.3) is 0 Å². The van der Waals surface area contributed by atoms with Crippen LogP contribution in [0.1, 0.15) is 30.6 Å². The smallest absolute Gasteiger partial charge is 0.125 e. The standard InChI is InChI=1S/C17H19FO2/c1-13(19)16-12-15(18)9-10-17(16)20-11-5-8-14-6-3-2-4-7-14/h2-4,6-7,9-10,12-13,19H,5,8,11H2,1H3/t13-/m1/s1. The largest absolute Gasteiger partial charge is 0.493 e. The molecule has 0 radical (unpaired) electrons. The molecule has 0 unspecified atom stereocenters. The third-order valence-electron chi connectivity index (χ3n) is 3.13. The van der Waals surface area contributed by atoms with Crippen LogP contribution < -0.4 is 4.74 Å². The fourth-order valence-electron chi connectivity index (χ4n) is 2.08. The minimum atomic E-state index is -0.741. The summed E-state index contributed by atoms with van der Waals surface area (Å²) in [6.45, 7) is 2.14. The molecule has 2 aromatic rings. The Labute approximate surface area is 118 Å². The zero-order valence-electron chi connectivity index (χ0n) is 11.6. The van der Waals surface area contributed by atoms with Crippen LogP contribution in [0.5, 0.6) is 5.75 Å². The topological polar surface area (TPSA) is 29.5 Å². The summed E-state index contributed by atoms with van der Waals surface area (Å²) in [6.07, 6.45) is 1.07. The summed E-state index contributed by atoms with van der Waals surface area (Å²) in [4.78, 5) is 0. The molecule has 0 spiro atoms. The molecule has 3 heteroatoms. The van der Waals surface area contributed by atoms with Crippen LogP contribution in [-0.2, 0) is 6.42 Å². The Kier molecular flexibility index (Phi) is 5.13. The van der Waals surface area contributed by atoms with E-state index in [9.17, 15) is 9.50 Å². The SMILES string of the molecule is C[C@@H](O)c1cc(F)ccc1OCCCc1ccccc1. The van der Waals surface area contributed by atoms with Crippen molar-refractivity contribution in [2.45, 2.75) is 25.9 Å². The summed E-state index contributed by atoms with van der Waals surface area (Å²) in [5, 5.41) is 9.62. The Bertz CT molecular complexity index is 538. The highest BCUT2D eigenvalue weighted by Gasteiger charge is 2.10. The highest BCUT2D eigenvalue weighted by Crippen LogP contribution is 2.26. The van der Waals surface area contributed by atoms with Crippen molar-refractivity contribution in [3.05, 3.63) is 65.5 Å². The van der Waals surface area contributed by atoms with Crippen molar-refractivity contribution < 1.29 is 14.2 Å². The molecule has 0 aliphatic heterocycles. The maximum atomic E-state index is 13.2. The van der Waals surface area contributed by atoms with Gasteiger partial charge >= 0.3 is 0 Å². The van der Waals surface area contributed by atoms with Crippen molar-refractivity contribution in [1.29, 1.82) is 0 Å². The number of aliphatic hydroxyl groups excluding tert-OH is 1. The molecule has 0 heterocycles. The molecule has 0 bridgehead atoms. The minimum absolute atomic E-state index is 0.363. The Morgan fingerprint density at radius 1 is 1.15 bits per heavy atom. The quantitative estimate of drug-likeness (QED) is 0.810. The Balaban J connectivity index is 1.88. The van der Waals surface area contributed by atoms with E-state index in [1.54, 1.807) is 13.0 Å². The van der Waals surface area contributed by atoms with Crippen LogP contribution in [0.15, 0.2) is 48.5 Å². The first-order chi connectivity index (χ1) is 9.66. The molecular formula is C17H19FO2. The molecule has 0 aliphatic rings. The van der Waals surface area contributed by atoms with Crippen molar-refractivity contribution in [1.82, 2.24) is 0 Å². The van der Waals surface area contributed by atoms with E-state index < -0.39 is 6.10 Å². The molecule has 0 saturated heterocycles. The number of benzene rings is 2. The molecule has 106 valence electrons. The van der Waals surface area contributed by atoms with Gasteiger partial charge in [-0.3, -0.25) is 0 Å². The second kappa shape index (κ2) is 7.06. The van der Waals surface area contributed by atoms with Gasteiger partial charge in [-0.15, -0.1) is 0 Å². The van der Waals surface area contributed by atoms with E-state index in [1.807, 2.05) is 18.2 Å². The second-order valence-electron chi connectivity index (χ2n) is 4.80. The second-order valence-corrected chi connectivity index (χ2v) is 4.80. The first kappa shape index (κ1) is 14.5. The Morgan fingerprint density at radius 2 is 1.90 bits per heavy atom. The van der Waals surface area contributed by atoms with Gasteiger partial charge in [0.1, 0.15) is 11.6 Å². The van der Waals surface area contributed by atoms with Crippen LogP contribution >= 0.6 is 0 Å². The average molecular weight is 274 g/mol. The van der Waals surface area contributed by atoms with Gasteiger partial charge < -0.3 is 9.84 Å². The molecule has 1 N–H and O–H groups in total. The van der Waals surface area contributed by atoms with Gasteiger partial charge in [-0.2, -0.15) is 0 Å². The molecule has 1 atom stereocenters. The van der Waals surface area contributed by atoms with Gasteiger partial charge in [0.15, 0.2) is 0 Å². The zero-order valence-corrected chi connectivity index (χ0v) is 11.6. The van der Waals surface area contributed by atoms with E-state index in [4.69, 9.17) is 4.74 Å². The van der Waals surface area contributed by atoms with Gasteiger partial charge in [0.2, 0.25) is 0 Å². The van der Waals surface area contributed by atoms with Crippen molar-refractivity contribution in [2.24, 2.45) is 0 Å². The van der Waals surface area contributed by atoms with Gasteiger partial charge in [0, 0.05) is 5.56 Å². The lowest BCUT2D eigenvalue weighted by molar-refractivity contribution is 0.190. The maximum absolute atomic E-state index is 13.2. The van der Waals surface area contributed by atoms with Crippen LogP contribution in [0.3, 0.4) is 0 Å². The number of hydrogen-bond donors (Lipinski definition) is 1. The molecule has 0 aliphatic carbocycles. The lowest BCUT2D eigenvalue weighted by Gasteiger charge is -2.13. The predicted molar refractivity (Wildman–Crippen MR) is 77.3 cm³/mol. The highest BCUT2D eigenvalue weighted by molar-refractivity contribution is 5.35. The van der Waals surface area contributed by atoms with Gasteiger partial charge in [0.25, 0.3) is 0 Å². The number of rotatable bonds is 6. The number of halogens is 1. The monoisotopic (exact) mass is 274 g/mol. The van der Waals surface area contributed by atoms with Gasteiger partial charge in [-0.25, -0.2) is 4.39 Å². The molecule has 2 aromatic carbocycles. The van der Waals surface area contributed by atoms with Gasteiger partial charge in [0.05, 0.1) is 12.7 Å². The van der Waals surface area contributed by atoms with E-state index in [0.717, 1.165) is 12.8 Å².